The van der Waals surface area contributed by atoms with Gasteiger partial charge in [0.25, 0.3) is 0 Å². The lowest BCUT2D eigenvalue weighted by atomic mass is 9.88. The smallest absolute Gasteiger partial charge is 0.166 e. The van der Waals surface area contributed by atoms with E-state index in [9.17, 15) is 14.3 Å². The number of likely N-dealkylation sites (tertiary alicyclic amines) is 1. The Bertz CT molecular complexity index is 725. The molecule has 0 bridgehead atoms. The van der Waals surface area contributed by atoms with Crippen LogP contribution in [-0.2, 0) is 6.54 Å². The lowest BCUT2D eigenvalue weighted by Crippen LogP contribution is -2.36. The van der Waals surface area contributed by atoms with Crippen molar-refractivity contribution in [2.24, 2.45) is 5.92 Å². The highest BCUT2D eigenvalue weighted by atomic mass is 35.5. The first-order chi connectivity index (χ1) is 11.5. The molecule has 1 heterocycles. The first-order valence-corrected chi connectivity index (χ1v) is 8.40. The Morgan fingerprint density at radius 2 is 1.83 bits per heavy atom. The monoisotopic (exact) mass is 347 g/mol. The van der Waals surface area contributed by atoms with Gasteiger partial charge in [0.1, 0.15) is 11.6 Å². The molecule has 0 amide bonds. The Hall–Kier alpha value is -1.91. The van der Waals surface area contributed by atoms with Gasteiger partial charge in [0, 0.05) is 23.0 Å². The van der Waals surface area contributed by atoms with Crippen molar-refractivity contribution in [3.63, 3.8) is 0 Å². The van der Waals surface area contributed by atoms with Crippen LogP contribution in [0.5, 0.6) is 5.75 Å². The molecule has 3 rings (SSSR count). The van der Waals surface area contributed by atoms with Gasteiger partial charge < -0.3 is 5.11 Å². The topological polar surface area (TPSA) is 40.5 Å². The number of hydrogen-bond acceptors (Lipinski definition) is 3. The number of rotatable bonds is 4. The molecule has 1 aliphatic rings. The lowest BCUT2D eigenvalue weighted by Gasteiger charge is -2.31. The quantitative estimate of drug-likeness (QED) is 0.839. The molecule has 2 aromatic rings. The van der Waals surface area contributed by atoms with Gasteiger partial charge in [-0.05, 0) is 67.9 Å². The predicted octanol–water partition coefficient (Wildman–Crippen LogP) is 4.28. The molecule has 1 aliphatic heterocycles. The Balaban J connectivity index is 1.57. The van der Waals surface area contributed by atoms with E-state index in [-0.39, 0.29) is 23.3 Å². The van der Waals surface area contributed by atoms with Gasteiger partial charge >= 0.3 is 0 Å². The molecule has 1 N–H and O–H groups in total. The number of halogens is 2. The molecule has 0 aromatic heterocycles. The van der Waals surface area contributed by atoms with Crippen LogP contribution in [0.1, 0.15) is 28.8 Å². The van der Waals surface area contributed by atoms with E-state index in [1.165, 1.54) is 12.1 Å². The summed E-state index contributed by atoms with van der Waals surface area (Å²) in [5, 5.41) is 9.75. The number of benzene rings is 2. The van der Waals surface area contributed by atoms with Gasteiger partial charge in [0.15, 0.2) is 5.78 Å². The number of carbonyl (C=O) groups is 1. The number of Topliss-reactive ketones (excluding diaryl/α,β-unsaturated/α-hetero) is 1. The number of piperidine rings is 1. The fourth-order valence-electron chi connectivity index (χ4n) is 3.11. The molecule has 5 heteroatoms. The van der Waals surface area contributed by atoms with Crippen LogP contribution >= 0.6 is 11.6 Å². The number of phenolic OH excluding ortho intramolecular Hbond substituents is 1. The van der Waals surface area contributed by atoms with Crippen molar-refractivity contribution in [1.82, 2.24) is 4.90 Å². The summed E-state index contributed by atoms with van der Waals surface area (Å²) in [6.45, 7) is 2.28. The lowest BCUT2D eigenvalue weighted by molar-refractivity contribution is 0.0835. The van der Waals surface area contributed by atoms with Crippen molar-refractivity contribution in [3.05, 3.63) is 64.4 Å². The number of hydrogen-bond donors (Lipinski definition) is 1. The van der Waals surface area contributed by atoms with Gasteiger partial charge in [-0.3, -0.25) is 9.69 Å². The van der Waals surface area contributed by atoms with E-state index in [0.717, 1.165) is 31.5 Å². The largest absolute Gasteiger partial charge is 0.508 e. The van der Waals surface area contributed by atoms with E-state index in [0.29, 0.717) is 17.1 Å². The van der Waals surface area contributed by atoms with Crippen LogP contribution in [0.3, 0.4) is 0 Å². The second-order valence-electron chi connectivity index (χ2n) is 6.20. The number of ketones is 1. The first-order valence-electron chi connectivity index (χ1n) is 8.02. The number of aromatic hydroxyl groups is 1. The Morgan fingerprint density at radius 1 is 1.17 bits per heavy atom. The van der Waals surface area contributed by atoms with Gasteiger partial charge in [-0.2, -0.15) is 0 Å². The average Bonchev–Trinajstić information content (AvgIpc) is 2.58. The maximum Gasteiger partial charge on any atom is 0.166 e. The molecule has 0 atom stereocenters. The minimum atomic E-state index is -0.332. The Kier molecular flexibility index (Phi) is 5.17. The fraction of sp³-hybridized carbons (Fsp3) is 0.316. The maximum atomic E-state index is 13.1. The average molecular weight is 348 g/mol. The molecule has 2 aromatic carbocycles. The van der Waals surface area contributed by atoms with E-state index >= 15 is 0 Å². The summed E-state index contributed by atoms with van der Waals surface area (Å²) < 4.78 is 13.1. The number of phenols is 1. The van der Waals surface area contributed by atoms with Gasteiger partial charge in [-0.1, -0.05) is 17.7 Å². The van der Waals surface area contributed by atoms with Crippen molar-refractivity contribution in [2.45, 2.75) is 19.4 Å². The molecule has 0 spiro atoms. The van der Waals surface area contributed by atoms with Gasteiger partial charge in [-0.25, -0.2) is 4.39 Å². The summed E-state index contributed by atoms with van der Waals surface area (Å²) in [5.41, 5.74) is 1.55. The standard InChI is InChI=1S/C19H19ClFNO2/c20-18-11-16(21)4-1-15(18)12-22-9-7-14(8-10-22)19(24)13-2-5-17(23)6-3-13/h1-6,11,14,23H,7-10,12H2. The molecule has 126 valence electrons. The van der Waals surface area contributed by atoms with Gasteiger partial charge in [0.05, 0.1) is 0 Å². The van der Waals surface area contributed by atoms with Gasteiger partial charge in [-0.15, -0.1) is 0 Å². The van der Waals surface area contributed by atoms with Crippen molar-refractivity contribution in [3.8, 4) is 5.75 Å². The zero-order valence-corrected chi connectivity index (χ0v) is 14.0. The summed E-state index contributed by atoms with van der Waals surface area (Å²) in [4.78, 5) is 14.7. The minimum Gasteiger partial charge on any atom is -0.508 e. The first kappa shape index (κ1) is 16.9. The summed E-state index contributed by atoms with van der Waals surface area (Å²) in [5.74, 6) is -0.0246. The summed E-state index contributed by atoms with van der Waals surface area (Å²) in [6, 6.07) is 10.9. The third-order valence-corrected chi connectivity index (χ3v) is 4.87. The normalized spacial score (nSPS) is 16.2. The van der Waals surface area contributed by atoms with E-state index in [4.69, 9.17) is 11.6 Å². The molecule has 24 heavy (non-hydrogen) atoms. The molecular weight excluding hydrogens is 329 g/mol. The van der Waals surface area contributed by atoms with Crippen LogP contribution in [0.15, 0.2) is 42.5 Å². The SMILES string of the molecule is O=C(c1ccc(O)cc1)C1CCN(Cc2ccc(F)cc2Cl)CC1. The summed E-state index contributed by atoms with van der Waals surface area (Å²) in [6.07, 6.45) is 1.58. The highest BCUT2D eigenvalue weighted by Gasteiger charge is 2.26. The number of nitrogens with zero attached hydrogens (tertiary/aromatic N) is 1. The second kappa shape index (κ2) is 7.32. The molecule has 0 saturated carbocycles. The van der Waals surface area contributed by atoms with Crippen LogP contribution in [0.4, 0.5) is 4.39 Å². The summed E-state index contributed by atoms with van der Waals surface area (Å²) in [7, 11) is 0. The van der Waals surface area contributed by atoms with Crippen LogP contribution in [-0.4, -0.2) is 28.9 Å². The highest BCUT2D eigenvalue weighted by molar-refractivity contribution is 6.31. The molecule has 0 unspecified atom stereocenters. The molecule has 1 saturated heterocycles. The van der Waals surface area contributed by atoms with E-state index < -0.39 is 0 Å². The van der Waals surface area contributed by atoms with Crippen molar-refractivity contribution in [1.29, 1.82) is 0 Å². The molecule has 1 fully saturated rings. The van der Waals surface area contributed by atoms with E-state index in [1.54, 1.807) is 30.3 Å². The van der Waals surface area contributed by atoms with E-state index in [2.05, 4.69) is 4.90 Å². The molecule has 0 radical (unpaired) electrons. The summed E-state index contributed by atoms with van der Waals surface area (Å²) >= 11 is 6.08. The van der Waals surface area contributed by atoms with Crippen molar-refractivity contribution in [2.75, 3.05) is 13.1 Å². The van der Waals surface area contributed by atoms with Crippen LogP contribution < -0.4 is 0 Å². The number of carbonyl (C=O) groups excluding carboxylic acids is 1. The highest BCUT2D eigenvalue weighted by Crippen LogP contribution is 2.25. The Labute approximate surface area is 145 Å². The molecule has 3 nitrogen and oxygen atoms in total. The van der Waals surface area contributed by atoms with Crippen molar-refractivity contribution < 1.29 is 14.3 Å². The predicted molar refractivity (Wildman–Crippen MR) is 91.8 cm³/mol. The van der Waals surface area contributed by atoms with Crippen molar-refractivity contribution >= 4 is 17.4 Å². The Morgan fingerprint density at radius 3 is 2.46 bits per heavy atom. The minimum absolute atomic E-state index is 0.00878. The van der Waals surface area contributed by atoms with Crippen LogP contribution in [0.25, 0.3) is 0 Å². The second-order valence-corrected chi connectivity index (χ2v) is 6.60. The molecule has 0 aliphatic carbocycles. The van der Waals surface area contributed by atoms with Crippen LogP contribution in [0.2, 0.25) is 5.02 Å². The zero-order valence-electron chi connectivity index (χ0n) is 13.2. The fourth-order valence-corrected chi connectivity index (χ4v) is 3.33. The third-order valence-electron chi connectivity index (χ3n) is 4.52. The maximum absolute atomic E-state index is 13.1. The molecular formula is C19H19ClFNO2. The van der Waals surface area contributed by atoms with Crippen LogP contribution in [0, 0.1) is 11.7 Å². The van der Waals surface area contributed by atoms with E-state index in [1.807, 2.05) is 0 Å². The third kappa shape index (κ3) is 3.94. The zero-order chi connectivity index (χ0) is 17.1. The van der Waals surface area contributed by atoms with Gasteiger partial charge in [0.2, 0.25) is 0 Å².